The standard InChI is InChI=1S/C5H9NS/c1-2-3-5(7)4-6/h5,7H,2-3H2,1H3. The highest BCUT2D eigenvalue weighted by molar-refractivity contribution is 7.81. The molecule has 7 heavy (non-hydrogen) atoms. The molecule has 0 aromatic heterocycles. The number of hydrogen-bond acceptors (Lipinski definition) is 2. The number of nitriles is 1. The molecule has 40 valence electrons. The second kappa shape index (κ2) is 4.01. The van der Waals surface area contributed by atoms with Crippen LogP contribution >= 0.6 is 12.6 Å². The molecule has 0 heterocycles. The maximum atomic E-state index is 8.14. The van der Waals surface area contributed by atoms with Crippen molar-refractivity contribution < 1.29 is 0 Å². The Morgan fingerprint density at radius 1 is 1.86 bits per heavy atom. The predicted molar refractivity (Wildman–Crippen MR) is 33.3 cm³/mol. The molecule has 1 atom stereocenters. The highest BCUT2D eigenvalue weighted by Crippen LogP contribution is 2.00. The predicted octanol–water partition coefficient (Wildman–Crippen LogP) is 1.61. The van der Waals surface area contributed by atoms with Gasteiger partial charge in [0.1, 0.15) is 0 Å². The fourth-order valence-electron chi connectivity index (χ4n) is 0.338. The third-order valence-electron chi connectivity index (χ3n) is 0.711. The van der Waals surface area contributed by atoms with Crippen LogP contribution in [0.2, 0.25) is 0 Å². The van der Waals surface area contributed by atoms with E-state index >= 15 is 0 Å². The van der Waals surface area contributed by atoms with E-state index in [4.69, 9.17) is 5.26 Å². The molecule has 0 aromatic rings. The summed E-state index contributed by atoms with van der Waals surface area (Å²) in [5.41, 5.74) is 0. The Morgan fingerprint density at radius 2 is 2.43 bits per heavy atom. The van der Waals surface area contributed by atoms with Gasteiger partial charge in [-0.25, -0.2) is 0 Å². The SMILES string of the molecule is CCCC(S)C#N. The minimum absolute atomic E-state index is 0.0509. The molecule has 0 radical (unpaired) electrons. The topological polar surface area (TPSA) is 23.8 Å². The number of hydrogen-bond donors (Lipinski definition) is 1. The van der Waals surface area contributed by atoms with Gasteiger partial charge in [-0.05, 0) is 6.42 Å². The molecule has 1 unspecified atom stereocenters. The number of nitrogens with zero attached hydrogens (tertiary/aromatic N) is 1. The minimum atomic E-state index is -0.0509. The van der Waals surface area contributed by atoms with Crippen molar-refractivity contribution >= 4 is 12.6 Å². The first kappa shape index (κ1) is 6.84. The van der Waals surface area contributed by atoms with Crippen LogP contribution in [0.15, 0.2) is 0 Å². The van der Waals surface area contributed by atoms with Crippen LogP contribution in [0.3, 0.4) is 0 Å². The summed E-state index contributed by atoms with van der Waals surface area (Å²) in [5.74, 6) is 0. The van der Waals surface area contributed by atoms with Crippen LogP contribution in [0.25, 0.3) is 0 Å². The van der Waals surface area contributed by atoms with Crippen molar-refractivity contribution in [2.75, 3.05) is 0 Å². The van der Waals surface area contributed by atoms with E-state index in [9.17, 15) is 0 Å². The minimum Gasteiger partial charge on any atom is -0.197 e. The van der Waals surface area contributed by atoms with Crippen molar-refractivity contribution in [1.29, 1.82) is 5.26 Å². The largest absolute Gasteiger partial charge is 0.197 e. The lowest BCUT2D eigenvalue weighted by Crippen LogP contribution is -1.89. The Balaban J connectivity index is 3.04. The van der Waals surface area contributed by atoms with Crippen molar-refractivity contribution in [3.63, 3.8) is 0 Å². The third kappa shape index (κ3) is 3.68. The second-order valence-corrected chi connectivity index (χ2v) is 2.06. The monoisotopic (exact) mass is 115 g/mol. The van der Waals surface area contributed by atoms with Gasteiger partial charge >= 0.3 is 0 Å². The summed E-state index contributed by atoms with van der Waals surface area (Å²) < 4.78 is 0. The van der Waals surface area contributed by atoms with Crippen LogP contribution in [0, 0.1) is 11.3 Å². The van der Waals surface area contributed by atoms with Gasteiger partial charge in [0.2, 0.25) is 0 Å². The molecular weight excluding hydrogens is 106 g/mol. The molecule has 0 aliphatic heterocycles. The Morgan fingerprint density at radius 3 is 2.57 bits per heavy atom. The molecule has 0 aliphatic carbocycles. The van der Waals surface area contributed by atoms with Gasteiger partial charge in [0.25, 0.3) is 0 Å². The number of rotatable bonds is 2. The summed E-state index contributed by atoms with van der Waals surface area (Å²) in [5, 5.41) is 8.09. The molecule has 0 aromatic carbocycles. The van der Waals surface area contributed by atoms with Crippen LogP contribution in [-0.4, -0.2) is 5.25 Å². The van der Waals surface area contributed by atoms with Crippen molar-refractivity contribution in [1.82, 2.24) is 0 Å². The number of thiol groups is 1. The average Bonchev–Trinajstić information content (AvgIpc) is 1.68. The Hall–Kier alpha value is -0.160. The average molecular weight is 115 g/mol. The molecule has 0 bridgehead atoms. The maximum Gasteiger partial charge on any atom is 0.0886 e. The van der Waals surface area contributed by atoms with E-state index in [0.29, 0.717) is 0 Å². The highest BCUT2D eigenvalue weighted by atomic mass is 32.1. The summed E-state index contributed by atoms with van der Waals surface area (Å²) in [6.45, 7) is 2.04. The van der Waals surface area contributed by atoms with Crippen LogP contribution < -0.4 is 0 Å². The van der Waals surface area contributed by atoms with Gasteiger partial charge in [0.15, 0.2) is 0 Å². The molecule has 0 N–H and O–H groups in total. The van der Waals surface area contributed by atoms with E-state index in [1.165, 1.54) is 0 Å². The molecular formula is C5H9NS. The molecule has 0 spiro atoms. The molecule has 0 rings (SSSR count). The van der Waals surface area contributed by atoms with E-state index in [1.807, 2.05) is 13.0 Å². The van der Waals surface area contributed by atoms with E-state index in [-0.39, 0.29) is 5.25 Å². The zero-order valence-electron chi connectivity index (χ0n) is 4.39. The first-order valence-corrected chi connectivity index (χ1v) is 2.90. The highest BCUT2D eigenvalue weighted by Gasteiger charge is 1.93. The van der Waals surface area contributed by atoms with Crippen LogP contribution in [0.4, 0.5) is 0 Å². The van der Waals surface area contributed by atoms with Gasteiger partial charge < -0.3 is 0 Å². The van der Waals surface area contributed by atoms with E-state index in [1.54, 1.807) is 0 Å². The van der Waals surface area contributed by atoms with Gasteiger partial charge in [-0.2, -0.15) is 17.9 Å². The fraction of sp³-hybridized carbons (Fsp3) is 0.800. The zero-order chi connectivity index (χ0) is 5.70. The van der Waals surface area contributed by atoms with E-state index in [0.717, 1.165) is 12.8 Å². The van der Waals surface area contributed by atoms with Crippen LogP contribution in [0.5, 0.6) is 0 Å². The smallest absolute Gasteiger partial charge is 0.0886 e. The molecule has 0 saturated carbocycles. The van der Waals surface area contributed by atoms with E-state index in [2.05, 4.69) is 12.6 Å². The lowest BCUT2D eigenvalue weighted by Gasteiger charge is -1.92. The van der Waals surface area contributed by atoms with Crippen molar-refractivity contribution in [3.05, 3.63) is 0 Å². The zero-order valence-corrected chi connectivity index (χ0v) is 5.28. The van der Waals surface area contributed by atoms with Crippen molar-refractivity contribution in [2.24, 2.45) is 0 Å². The Labute approximate surface area is 49.7 Å². The van der Waals surface area contributed by atoms with Crippen LogP contribution in [-0.2, 0) is 0 Å². The van der Waals surface area contributed by atoms with Crippen molar-refractivity contribution in [3.8, 4) is 6.07 Å². The van der Waals surface area contributed by atoms with Gasteiger partial charge in [-0.15, -0.1) is 0 Å². The summed E-state index contributed by atoms with van der Waals surface area (Å²) in [6, 6.07) is 2.03. The molecule has 0 aliphatic rings. The normalized spacial score (nSPS) is 12.7. The molecule has 0 fully saturated rings. The van der Waals surface area contributed by atoms with Crippen LogP contribution in [0.1, 0.15) is 19.8 Å². The maximum absolute atomic E-state index is 8.14. The fourth-order valence-corrected chi connectivity index (χ4v) is 0.596. The molecule has 0 saturated heterocycles. The molecule has 1 nitrogen and oxygen atoms in total. The van der Waals surface area contributed by atoms with E-state index < -0.39 is 0 Å². The molecule has 2 heteroatoms. The summed E-state index contributed by atoms with van der Waals surface area (Å²) in [7, 11) is 0. The lowest BCUT2D eigenvalue weighted by molar-refractivity contribution is 0.837. The third-order valence-corrected chi connectivity index (χ3v) is 1.08. The summed E-state index contributed by atoms with van der Waals surface area (Å²) in [4.78, 5) is 0. The van der Waals surface area contributed by atoms with Gasteiger partial charge in [-0.3, -0.25) is 0 Å². The Bertz CT molecular complexity index is 74.6. The van der Waals surface area contributed by atoms with Gasteiger partial charge in [0.05, 0.1) is 11.3 Å². The summed E-state index contributed by atoms with van der Waals surface area (Å²) >= 11 is 3.95. The first-order valence-electron chi connectivity index (χ1n) is 2.39. The second-order valence-electron chi connectivity index (χ2n) is 1.43. The summed E-state index contributed by atoms with van der Waals surface area (Å²) in [6.07, 6.45) is 1.95. The molecule has 0 amide bonds. The van der Waals surface area contributed by atoms with Gasteiger partial charge in [-0.1, -0.05) is 13.3 Å². The Kier molecular flexibility index (Phi) is 3.92. The first-order chi connectivity index (χ1) is 3.31. The van der Waals surface area contributed by atoms with Gasteiger partial charge in [0, 0.05) is 0 Å². The quantitative estimate of drug-likeness (QED) is 0.543. The lowest BCUT2D eigenvalue weighted by atomic mass is 10.3. The van der Waals surface area contributed by atoms with Crippen molar-refractivity contribution in [2.45, 2.75) is 25.0 Å².